The fourth-order valence-corrected chi connectivity index (χ4v) is 0.742. The second-order valence-electron chi connectivity index (χ2n) is 2.56. The second-order valence-corrected chi connectivity index (χ2v) is 2.56. The first-order valence-electron chi connectivity index (χ1n) is 3.94. The lowest BCUT2D eigenvalue weighted by molar-refractivity contribution is -0.141. The number of carbonyl (C=O) groups is 2. The van der Waals surface area contributed by atoms with Gasteiger partial charge in [-0.15, -0.1) is 0 Å². The van der Waals surface area contributed by atoms with E-state index in [1.165, 1.54) is 6.92 Å². The maximum atomic E-state index is 10.9. The Labute approximate surface area is 75.9 Å². The fraction of sp³-hybridized carbons (Fsp3) is 0.714. The molecular weight excluding hydrogens is 176 g/mol. The molecule has 0 aliphatic heterocycles. The predicted molar refractivity (Wildman–Crippen MR) is 45.3 cm³/mol. The number of rotatable bonds is 4. The highest BCUT2D eigenvalue weighted by Crippen LogP contribution is 1.92. The molecule has 6 heteroatoms. The van der Waals surface area contributed by atoms with E-state index in [9.17, 15) is 9.59 Å². The molecule has 0 aromatic carbocycles. The maximum absolute atomic E-state index is 10.9. The molecule has 0 rings (SSSR count). The number of aliphatic hydroxyl groups excluding tert-OH is 1. The van der Waals surface area contributed by atoms with E-state index in [1.807, 2.05) is 0 Å². The quantitative estimate of drug-likeness (QED) is 0.463. The van der Waals surface area contributed by atoms with E-state index in [1.54, 1.807) is 6.92 Å². The summed E-state index contributed by atoms with van der Waals surface area (Å²) >= 11 is 0. The summed E-state index contributed by atoms with van der Waals surface area (Å²) < 4.78 is 0. The number of hydrogen-bond acceptors (Lipinski definition) is 3. The van der Waals surface area contributed by atoms with Crippen LogP contribution in [0.3, 0.4) is 0 Å². The molecule has 76 valence electrons. The lowest BCUT2D eigenvalue weighted by Gasteiger charge is -2.16. The smallest absolute Gasteiger partial charge is 0.328 e. The van der Waals surface area contributed by atoms with E-state index in [4.69, 9.17) is 10.2 Å². The molecule has 2 atom stereocenters. The van der Waals surface area contributed by atoms with Gasteiger partial charge in [-0.05, 0) is 13.8 Å². The normalized spacial score (nSPS) is 14.4. The summed E-state index contributed by atoms with van der Waals surface area (Å²) in [6.07, 6.45) is -1.12. The number of aliphatic hydroxyl groups is 1. The van der Waals surface area contributed by atoms with Crippen molar-refractivity contribution in [3.8, 4) is 0 Å². The number of nitrogens with one attached hydrogen (secondary N) is 2. The van der Waals surface area contributed by atoms with Crippen molar-refractivity contribution < 1.29 is 19.8 Å². The molecule has 0 bridgehead atoms. The zero-order chi connectivity index (χ0) is 10.4. The lowest BCUT2D eigenvalue weighted by Crippen LogP contribution is -2.51. The van der Waals surface area contributed by atoms with Crippen LogP contribution in [0.1, 0.15) is 13.8 Å². The zero-order valence-corrected chi connectivity index (χ0v) is 7.57. The van der Waals surface area contributed by atoms with E-state index in [0.29, 0.717) is 6.54 Å². The molecule has 0 unspecified atom stereocenters. The summed E-state index contributed by atoms with van der Waals surface area (Å²) in [5, 5.41) is 22.0. The monoisotopic (exact) mass is 190 g/mol. The van der Waals surface area contributed by atoms with Crippen molar-refractivity contribution in [1.82, 2.24) is 10.6 Å². The fourth-order valence-electron chi connectivity index (χ4n) is 0.742. The van der Waals surface area contributed by atoms with Crippen molar-refractivity contribution in [3.05, 3.63) is 0 Å². The van der Waals surface area contributed by atoms with Gasteiger partial charge in [-0.2, -0.15) is 0 Å². The molecule has 0 heterocycles. The molecule has 0 saturated heterocycles. The summed E-state index contributed by atoms with van der Waals surface area (Å²) in [5.41, 5.74) is 0. The van der Waals surface area contributed by atoms with Crippen LogP contribution in [0.4, 0.5) is 4.79 Å². The van der Waals surface area contributed by atoms with Crippen LogP contribution in [0.25, 0.3) is 0 Å². The average molecular weight is 190 g/mol. The highest BCUT2D eigenvalue weighted by atomic mass is 16.4. The highest BCUT2D eigenvalue weighted by molar-refractivity contribution is 5.82. The zero-order valence-electron chi connectivity index (χ0n) is 7.57. The number of amides is 2. The van der Waals surface area contributed by atoms with Gasteiger partial charge >= 0.3 is 12.0 Å². The summed E-state index contributed by atoms with van der Waals surface area (Å²) in [6.45, 7) is 3.40. The van der Waals surface area contributed by atoms with E-state index < -0.39 is 24.1 Å². The van der Waals surface area contributed by atoms with Crippen molar-refractivity contribution in [3.63, 3.8) is 0 Å². The lowest BCUT2D eigenvalue weighted by atomic mass is 10.2. The van der Waals surface area contributed by atoms with Crippen LogP contribution in [0.2, 0.25) is 0 Å². The molecule has 0 spiro atoms. The first-order valence-corrected chi connectivity index (χ1v) is 3.94. The molecule has 0 aromatic heterocycles. The molecule has 0 aliphatic rings. The van der Waals surface area contributed by atoms with Gasteiger partial charge in [-0.3, -0.25) is 0 Å². The van der Waals surface area contributed by atoms with E-state index in [2.05, 4.69) is 10.6 Å². The van der Waals surface area contributed by atoms with E-state index in [0.717, 1.165) is 0 Å². The molecule has 0 aliphatic carbocycles. The Hall–Kier alpha value is -1.30. The Morgan fingerprint density at radius 2 is 2.00 bits per heavy atom. The van der Waals surface area contributed by atoms with Crippen LogP contribution in [0, 0.1) is 0 Å². The average Bonchev–Trinajstić information content (AvgIpc) is 1.99. The molecule has 0 radical (unpaired) electrons. The van der Waals surface area contributed by atoms with Gasteiger partial charge in [0.15, 0.2) is 6.04 Å². The predicted octanol–water partition coefficient (Wildman–Crippen LogP) is -0.860. The third-order valence-corrected chi connectivity index (χ3v) is 1.37. The van der Waals surface area contributed by atoms with Gasteiger partial charge in [0, 0.05) is 6.54 Å². The summed E-state index contributed by atoms with van der Waals surface area (Å²) in [6, 6.07) is -1.87. The summed E-state index contributed by atoms with van der Waals surface area (Å²) in [7, 11) is 0. The van der Waals surface area contributed by atoms with Gasteiger partial charge in [-0.1, -0.05) is 0 Å². The number of carbonyl (C=O) groups excluding carboxylic acids is 1. The van der Waals surface area contributed by atoms with Gasteiger partial charge in [0.05, 0.1) is 6.10 Å². The van der Waals surface area contributed by atoms with E-state index >= 15 is 0 Å². The highest BCUT2D eigenvalue weighted by Gasteiger charge is 2.24. The van der Waals surface area contributed by atoms with Crippen molar-refractivity contribution in [2.75, 3.05) is 6.54 Å². The van der Waals surface area contributed by atoms with Crippen LogP contribution < -0.4 is 10.6 Å². The maximum Gasteiger partial charge on any atom is 0.328 e. The minimum absolute atomic E-state index is 0.401. The summed E-state index contributed by atoms with van der Waals surface area (Å²) in [5.74, 6) is -1.26. The largest absolute Gasteiger partial charge is 0.480 e. The Bertz CT molecular complexity index is 193. The van der Waals surface area contributed by atoms with Crippen LogP contribution in [-0.4, -0.2) is 40.9 Å². The number of aliphatic carboxylic acids is 1. The molecule has 2 amide bonds. The molecule has 0 aromatic rings. The van der Waals surface area contributed by atoms with Crippen molar-refractivity contribution in [2.45, 2.75) is 26.0 Å². The van der Waals surface area contributed by atoms with E-state index in [-0.39, 0.29) is 0 Å². The Kier molecular flexibility index (Phi) is 4.83. The Morgan fingerprint density at radius 1 is 1.46 bits per heavy atom. The van der Waals surface area contributed by atoms with Gasteiger partial charge in [0.25, 0.3) is 0 Å². The van der Waals surface area contributed by atoms with Crippen LogP contribution in [0.15, 0.2) is 0 Å². The van der Waals surface area contributed by atoms with Gasteiger partial charge in [0.2, 0.25) is 0 Å². The molecule has 0 saturated carbocycles. The van der Waals surface area contributed by atoms with Crippen LogP contribution in [0.5, 0.6) is 0 Å². The number of carboxylic acid groups (broad SMARTS) is 1. The first-order chi connectivity index (χ1) is 5.99. The Balaban J connectivity index is 4.10. The topological polar surface area (TPSA) is 98.7 Å². The second kappa shape index (κ2) is 5.36. The Morgan fingerprint density at radius 3 is 2.31 bits per heavy atom. The molecule has 0 fully saturated rings. The number of hydrogen-bond donors (Lipinski definition) is 4. The minimum atomic E-state index is -1.27. The van der Waals surface area contributed by atoms with Gasteiger partial charge in [0.1, 0.15) is 0 Å². The van der Waals surface area contributed by atoms with Crippen molar-refractivity contribution in [2.24, 2.45) is 0 Å². The van der Waals surface area contributed by atoms with Crippen LogP contribution in [-0.2, 0) is 4.79 Å². The molecular formula is C7H14N2O4. The molecule has 4 N–H and O–H groups in total. The van der Waals surface area contributed by atoms with Crippen molar-refractivity contribution >= 4 is 12.0 Å². The molecule has 13 heavy (non-hydrogen) atoms. The van der Waals surface area contributed by atoms with Gasteiger partial charge < -0.3 is 20.8 Å². The first kappa shape index (κ1) is 11.7. The molecule has 6 nitrogen and oxygen atoms in total. The third kappa shape index (κ3) is 4.32. The van der Waals surface area contributed by atoms with Gasteiger partial charge in [-0.25, -0.2) is 9.59 Å². The minimum Gasteiger partial charge on any atom is -0.480 e. The number of carboxylic acids is 1. The SMILES string of the molecule is CCNC(=O)N[C@H](C(=O)O)[C@@H](C)O. The van der Waals surface area contributed by atoms with Crippen molar-refractivity contribution in [1.29, 1.82) is 0 Å². The number of urea groups is 1. The summed E-state index contributed by atoms with van der Waals surface area (Å²) in [4.78, 5) is 21.3. The standard InChI is InChI=1S/C7H14N2O4/c1-3-8-7(13)9-5(4(2)10)6(11)12/h4-5,10H,3H2,1-2H3,(H,11,12)(H2,8,9,13)/t4-,5+/m1/s1. The third-order valence-electron chi connectivity index (χ3n) is 1.37. The van der Waals surface area contributed by atoms with Crippen LogP contribution >= 0.6 is 0 Å².